The van der Waals surface area contributed by atoms with Gasteiger partial charge in [-0.15, -0.1) is 0 Å². The van der Waals surface area contributed by atoms with Crippen LogP contribution in [-0.4, -0.2) is 57.2 Å². The number of rotatable bonds is 7. The lowest BCUT2D eigenvalue weighted by molar-refractivity contribution is -0.101. The van der Waals surface area contributed by atoms with Gasteiger partial charge in [0.15, 0.2) is 0 Å². The summed E-state index contributed by atoms with van der Waals surface area (Å²) < 4.78 is 62.2. The van der Waals surface area contributed by atoms with Crippen molar-refractivity contribution < 1.29 is 26.7 Å². The second-order valence-corrected chi connectivity index (χ2v) is 10.3. The van der Waals surface area contributed by atoms with Crippen molar-refractivity contribution in [3.63, 3.8) is 0 Å². The summed E-state index contributed by atoms with van der Waals surface area (Å²) in [6.45, 7) is 1.68. The Bertz CT molecular complexity index is 785. The number of hydrogen-bond acceptors (Lipinski definition) is 5. The third-order valence-electron chi connectivity index (χ3n) is 6.01. The molecule has 6 nitrogen and oxygen atoms in total. The van der Waals surface area contributed by atoms with Crippen molar-refractivity contribution in [2.75, 3.05) is 19.8 Å². The van der Waals surface area contributed by atoms with E-state index in [2.05, 4.69) is 17.0 Å². The number of piperidine rings is 1. The first kappa shape index (κ1) is 20.0. The minimum atomic E-state index is -3.66. The highest BCUT2D eigenvalue weighted by molar-refractivity contribution is 7.89. The molecule has 9 heteroatoms. The van der Waals surface area contributed by atoms with Gasteiger partial charge in [-0.1, -0.05) is 6.92 Å². The molecule has 0 amide bonds. The molecular formula is C19H26F2N2O4S. The number of ether oxygens (including phenoxy) is 2. The van der Waals surface area contributed by atoms with E-state index in [0.29, 0.717) is 6.04 Å². The minimum absolute atomic E-state index is 0.0244. The SMILES string of the molecule is CC1(CNC2CC3CCC(C2)N3S(=O)(=O)c2ccc(OC(F)F)cc2)COC1. The summed E-state index contributed by atoms with van der Waals surface area (Å²) in [5, 5.41) is 3.61. The van der Waals surface area contributed by atoms with Crippen LogP contribution in [0.4, 0.5) is 8.78 Å². The molecule has 3 heterocycles. The number of nitrogens with zero attached hydrogens (tertiary/aromatic N) is 1. The Morgan fingerprint density at radius 2 is 1.82 bits per heavy atom. The van der Waals surface area contributed by atoms with Gasteiger partial charge in [-0.05, 0) is 49.9 Å². The molecule has 0 spiro atoms. The van der Waals surface area contributed by atoms with Crippen molar-refractivity contribution in [1.29, 1.82) is 0 Å². The number of hydrogen-bond donors (Lipinski definition) is 1. The smallest absolute Gasteiger partial charge is 0.387 e. The first-order chi connectivity index (χ1) is 13.3. The second-order valence-electron chi connectivity index (χ2n) is 8.42. The molecule has 28 heavy (non-hydrogen) atoms. The lowest BCUT2D eigenvalue weighted by Crippen LogP contribution is -2.55. The highest BCUT2D eigenvalue weighted by Crippen LogP contribution is 2.40. The molecule has 0 saturated carbocycles. The van der Waals surface area contributed by atoms with E-state index in [1.165, 1.54) is 24.3 Å². The van der Waals surface area contributed by atoms with Gasteiger partial charge in [0, 0.05) is 30.1 Å². The largest absolute Gasteiger partial charge is 0.435 e. The number of nitrogens with one attached hydrogen (secondary N) is 1. The molecular weight excluding hydrogens is 390 g/mol. The average Bonchev–Trinajstić information content (AvgIpc) is 2.90. The molecule has 0 aliphatic carbocycles. The third-order valence-corrected chi connectivity index (χ3v) is 8.03. The highest BCUT2D eigenvalue weighted by atomic mass is 32.2. The topological polar surface area (TPSA) is 67.9 Å². The molecule has 1 aromatic rings. The van der Waals surface area contributed by atoms with Crippen LogP contribution in [0.5, 0.6) is 5.75 Å². The Morgan fingerprint density at radius 1 is 1.21 bits per heavy atom. The van der Waals surface area contributed by atoms with Gasteiger partial charge in [0.25, 0.3) is 0 Å². The monoisotopic (exact) mass is 416 g/mol. The van der Waals surface area contributed by atoms with Crippen LogP contribution in [0.1, 0.15) is 32.6 Å². The Labute approximate surface area is 164 Å². The van der Waals surface area contributed by atoms with Crippen LogP contribution >= 0.6 is 0 Å². The first-order valence-electron chi connectivity index (χ1n) is 9.66. The van der Waals surface area contributed by atoms with Crippen molar-refractivity contribution in [3.8, 4) is 5.75 Å². The van der Waals surface area contributed by atoms with Crippen molar-refractivity contribution >= 4 is 10.0 Å². The predicted octanol–water partition coefficient (Wildman–Crippen LogP) is 2.60. The van der Waals surface area contributed by atoms with E-state index in [4.69, 9.17) is 4.74 Å². The molecule has 0 radical (unpaired) electrons. The molecule has 3 fully saturated rings. The zero-order chi connectivity index (χ0) is 19.9. The van der Waals surface area contributed by atoms with Crippen molar-refractivity contribution in [1.82, 2.24) is 9.62 Å². The van der Waals surface area contributed by atoms with E-state index in [1.807, 2.05) is 0 Å². The number of alkyl halides is 2. The van der Waals surface area contributed by atoms with E-state index < -0.39 is 16.6 Å². The maximum absolute atomic E-state index is 13.2. The molecule has 3 aliphatic heterocycles. The maximum atomic E-state index is 13.2. The Morgan fingerprint density at radius 3 is 2.32 bits per heavy atom. The normalized spacial score (nSPS) is 29.6. The van der Waals surface area contributed by atoms with Gasteiger partial charge in [-0.2, -0.15) is 13.1 Å². The third kappa shape index (κ3) is 3.90. The van der Waals surface area contributed by atoms with E-state index in [0.717, 1.165) is 45.4 Å². The highest BCUT2D eigenvalue weighted by Gasteiger charge is 2.47. The average molecular weight is 416 g/mol. The molecule has 1 aromatic carbocycles. The van der Waals surface area contributed by atoms with Gasteiger partial charge >= 0.3 is 6.61 Å². The molecule has 3 saturated heterocycles. The van der Waals surface area contributed by atoms with Gasteiger partial charge in [-0.3, -0.25) is 0 Å². The van der Waals surface area contributed by atoms with Gasteiger partial charge < -0.3 is 14.8 Å². The van der Waals surface area contributed by atoms with Crippen molar-refractivity contribution in [3.05, 3.63) is 24.3 Å². The van der Waals surface area contributed by atoms with Crippen LogP contribution < -0.4 is 10.1 Å². The van der Waals surface area contributed by atoms with Gasteiger partial charge in [0.2, 0.25) is 10.0 Å². The lowest BCUT2D eigenvalue weighted by atomic mass is 9.87. The summed E-state index contributed by atoms with van der Waals surface area (Å²) in [7, 11) is -3.66. The number of fused-ring (bicyclic) bond motifs is 2. The summed E-state index contributed by atoms with van der Waals surface area (Å²) in [6, 6.07) is 5.49. The Balaban J connectivity index is 1.43. The second kappa shape index (κ2) is 7.51. The minimum Gasteiger partial charge on any atom is -0.435 e. The summed E-state index contributed by atoms with van der Waals surface area (Å²) in [4.78, 5) is 0.122. The zero-order valence-corrected chi connectivity index (χ0v) is 16.6. The van der Waals surface area contributed by atoms with Crippen LogP contribution in [0.2, 0.25) is 0 Å². The molecule has 3 aliphatic rings. The fourth-order valence-electron chi connectivity index (χ4n) is 4.55. The molecule has 2 bridgehead atoms. The summed E-state index contributed by atoms with van der Waals surface area (Å²) in [5.74, 6) is -0.0479. The zero-order valence-electron chi connectivity index (χ0n) is 15.8. The van der Waals surface area contributed by atoms with Gasteiger partial charge in [-0.25, -0.2) is 8.42 Å². The molecule has 2 atom stereocenters. The Kier molecular flexibility index (Phi) is 5.37. The standard InChI is InChI=1S/C19H26F2N2O4S/c1-19(11-26-12-19)10-22-13-8-14-2-3-15(9-13)23(14)28(24,25)17-6-4-16(5-7-17)27-18(20)21/h4-7,13-15,18,22H,2-3,8-12H2,1H3. The van der Waals surface area contributed by atoms with E-state index in [-0.39, 0.29) is 28.1 Å². The number of sulfonamides is 1. The molecule has 1 N–H and O–H groups in total. The van der Waals surface area contributed by atoms with E-state index >= 15 is 0 Å². The Hall–Kier alpha value is -1.29. The number of benzene rings is 1. The van der Waals surface area contributed by atoms with Crippen LogP contribution in [0.3, 0.4) is 0 Å². The van der Waals surface area contributed by atoms with Gasteiger partial charge in [0.1, 0.15) is 5.75 Å². The summed E-state index contributed by atoms with van der Waals surface area (Å²) in [5.41, 5.74) is 0.185. The maximum Gasteiger partial charge on any atom is 0.387 e. The lowest BCUT2D eigenvalue weighted by Gasteiger charge is -2.42. The molecule has 156 valence electrons. The van der Waals surface area contributed by atoms with E-state index in [9.17, 15) is 17.2 Å². The first-order valence-corrected chi connectivity index (χ1v) is 11.1. The van der Waals surface area contributed by atoms with Crippen molar-refractivity contribution in [2.45, 2.75) is 62.2 Å². The van der Waals surface area contributed by atoms with Crippen molar-refractivity contribution in [2.24, 2.45) is 5.41 Å². The number of halogens is 2. The van der Waals surface area contributed by atoms with Gasteiger partial charge in [0.05, 0.1) is 18.1 Å². The summed E-state index contributed by atoms with van der Waals surface area (Å²) in [6.07, 6.45) is 3.29. The summed E-state index contributed by atoms with van der Waals surface area (Å²) >= 11 is 0. The molecule has 4 rings (SSSR count). The van der Waals surface area contributed by atoms with Crippen LogP contribution in [0.15, 0.2) is 29.2 Å². The van der Waals surface area contributed by atoms with Crippen LogP contribution in [0, 0.1) is 5.41 Å². The molecule has 0 aromatic heterocycles. The quantitative estimate of drug-likeness (QED) is 0.740. The molecule has 2 unspecified atom stereocenters. The fourth-order valence-corrected chi connectivity index (χ4v) is 6.44. The fraction of sp³-hybridized carbons (Fsp3) is 0.684. The van der Waals surface area contributed by atoms with Crippen LogP contribution in [0.25, 0.3) is 0 Å². The predicted molar refractivity (Wildman–Crippen MR) is 98.9 cm³/mol. The van der Waals surface area contributed by atoms with Crippen LogP contribution in [-0.2, 0) is 14.8 Å². The van der Waals surface area contributed by atoms with E-state index in [1.54, 1.807) is 4.31 Å².